The van der Waals surface area contributed by atoms with Crippen molar-refractivity contribution in [3.8, 4) is 0 Å². The molecule has 8 heteroatoms. The van der Waals surface area contributed by atoms with E-state index in [4.69, 9.17) is 9.52 Å². The predicted molar refractivity (Wildman–Crippen MR) is 94.6 cm³/mol. The number of furan rings is 1. The lowest BCUT2D eigenvalue weighted by molar-refractivity contribution is -0.135. The number of carboxylic acids is 1. The SMILES string of the molecule is Cc1oc(CN(C)C(=O)C2CC(=O)N(Cc3ccccn3)C2)cc1C(=O)O. The van der Waals surface area contributed by atoms with E-state index in [0.29, 0.717) is 24.6 Å². The van der Waals surface area contributed by atoms with Gasteiger partial charge in [-0.2, -0.15) is 0 Å². The van der Waals surface area contributed by atoms with Crippen LogP contribution in [-0.4, -0.2) is 51.3 Å². The Labute approximate surface area is 156 Å². The minimum Gasteiger partial charge on any atom is -0.478 e. The van der Waals surface area contributed by atoms with Gasteiger partial charge in [0.25, 0.3) is 0 Å². The topological polar surface area (TPSA) is 104 Å². The van der Waals surface area contributed by atoms with Crippen LogP contribution in [0.4, 0.5) is 0 Å². The molecule has 2 amide bonds. The number of amides is 2. The average molecular weight is 371 g/mol. The Bertz CT molecular complexity index is 861. The standard InChI is InChI=1S/C19H21N3O5/c1-12-16(19(25)26)8-15(27-12)11-21(2)18(24)13-7-17(23)22(9-13)10-14-5-3-4-6-20-14/h3-6,8,13H,7,9-11H2,1-2H3,(H,25,26). The van der Waals surface area contributed by atoms with E-state index in [2.05, 4.69) is 4.98 Å². The molecule has 27 heavy (non-hydrogen) atoms. The van der Waals surface area contributed by atoms with Crippen LogP contribution in [0.1, 0.15) is 34.0 Å². The summed E-state index contributed by atoms with van der Waals surface area (Å²) in [5.74, 6) is -1.04. The minimum atomic E-state index is -1.07. The van der Waals surface area contributed by atoms with Gasteiger partial charge in [0.15, 0.2) is 0 Å². The molecule has 8 nitrogen and oxygen atoms in total. The Balaban J connectivity index is 1.61. The summed E-state index contributed by atoms with van der Waals surface area (Å²) >= 11 is 0. The van der Waals surface area contributed by atoms with Crippen LogP contribution in [0.3, 0.4) is 0 Å². The molecular weight excluding hydrogens is 350 g/mol. The molecule has 0 radical (unpaired) electrons. The van der Waals surface area contributed by atoms with Crippen molar-refractivity contribution in [1.29, 1.82) is 0 Å². The van der Waals surface area contributed by atoms with E-state index >= 15 is 0 Å². The van der Waals surface area contributed by atoms with Gasteiger partial charge in [-0.05, 0) is 25.1 Å². The molecule has 0 spiro atoms. The van der Waals surface area contributed by atoms with Crippen molar-refractivity contribution in [3.05, 3.63) is 53.2 Å². The Kier molecular flexibility index (Phi) is 5.25. The number of carboxylic acid groups (broad SMARTS) is 1. The molecule has 3 heterocycles. The second-order valence-corrected chi connectivity index (χ2v) is 6.68. The first-order valence-corrected chi connectivity index (χ1v) is 8.60. The van der Waals surface area contributed by atoms with E-state index in [1.807, 2.05) is 18.2 Å². The molecule has 1 saturated heterocycles. The minimum absolute atomic E-state index is 0.0746. The lowest BCUT2D eigenvalue weighted by Gasteiger charge is -2.20. The zero-order valence-corrected chi connectivity index (χ0v) is 15.2. The van der Waals surface area contributed by atoms with E-state index < -0.39 is 11.9 Å². The van der Waals surface area contributed by atoms with E-state index in [-0.39, 0.29) is 30.3 Å². The highest BCUT2D eigenvalue weighted by Crippen LogP contribution is 2.23. The summed E-state index contributed by atoms with van der Waals surface area (Å²) < 4.78 is 5.42. The molecule has 1 aliphatic heterocycles. The van der Waals surface area contributed by atoms with Crippen molar-refractivity contribution in [2.75, 3.05) is 13.6 Å². The number of aromatic carboxylic acids is 1. The Morgan fingerprint density at radius 1 is 1.41 bits per heavy atom. The summed E-state index contributed by atoms with van der Waals surface area (Å²) in [6.07, 6.45) is 1.83. The molecule has 1 atom stereocenters. The van der Waals surface area contributed by atoms with Gasteiger partial charge in [-0.3, -0.25) is 14.6 Å². The zero-order valence-electron chi connectivity index (χ0n) is 15.2. The van der Waals surface area contributed by atoms with Crippen molar-refractivity contribution in [2.24, 2.45) is 5.92 Å². The monoisotopic (exact) mass is 371 g/mol. The van der Waals surface area contributed by atoms with Gasteiger partial charge in [-0.15, -0.1) is 0 Å². The summed E-state index contributed by atoms with van der Waals surface area (Å²) in [6, 6.07) is 6.93. The second kappa shape index (κ2) is 7.61. The highest BCUT2D eigenvalue weighted by molar-refractivity contribution is 5.90. The fourth-order valence-corrected chi connectivity index (χ4v) is 3.23. The molecule has 1 N–H and O–H groups in total. The van der Waals surface area contributed by atoms with Crippen LogP contribution in [0.15, 0.2) is 34.9 Å². The van der Waals surface area contributed by atoms with E-state index in [9.17, 15) is 14.4 Å². The molecular formula is C19H21N3O5. The maximum absolute atomic E-state index is 12.7. The molecule has 0 bridgehead atoms. The van der Waals surface area contributed by atoms with Gasteiger partial charge in [-0.1, -0.05) is 6.07 Å². The molecule has 0 aromatic carbocycles. The molecule has 0 aliphatic carbocycles. The number of carbonyl (C=O) groups is 3. The smallest absolute Gasteiger partial charge is 0.339 e. The number of pyridine rings is 1. The van der Waals surface area contributed by atoms with Crippen LogP contribution >= 0.6 is 0 Å². The molecule has 1 aliphatic rings. The maximum Gasteiger partial charge on any atom is 0.339 e. The molecule has 142 valence electrons. The van der Waals surface area contributed by atoms with Crippen molar-refractivity contribution >= 4 is 17.8 Å². The number of nitrogens with zero attached hydrogens (tertiary/aromatic N) is 3. The zero-order chi connectivity index (χ0) is 19.6. The van der Waals surface area contributed by atoms with E-state index in [1.165, 1.54) is 11.0 Å². The highest BCUT2D eigenvalue weighted by Gasteiger charge is 2.36. The van der Waals surface area contributed by atoms with E-state index in [1.54, 1.807) is 25.1 Å². The fourth-order valence-electron chi connectivity index (χ4n) is 3.23. The molecule has 2 aromatic heterocycles. The summed E-state index contributed by atoms with van der Waals surface area (Å²) in [5.41, 5.74) is 0.864. The molecule has 2 aromatic rings. The largest absolute Gasteiger partial charge is 0.478 e. The molecule has 1 unspecified atom stereocenters. The Morgan fingerprint density at radius 3 is 2.81 bits per heavy atom. The van der Waals surface area contributed by atoms with Crippen molar-refractivity contribution in [3.63, 3.8) is 0 Å². The number of hydrogen-bond donors (Lipinski definition) is 1. The van der Waals surface area contributed by atoms with Crippen molar-refractivity contribution in [1.82, 2.24) is 14.8 Å². The number of aromatic nitrogens is 1. The van der Waals surface area contributed by atoms with Crippen LogP contribution in [0.2, 0.25) is 0 Å². The summed E-state index contributed by atoms with van der Waals surface area (Å²) in [5, 5.41) is 9.09. The van der Waals surface area contributed by atoms with Crippen molar-refractivity contribution < 1.29 is 23.9 Å². The summed E-state index contributed by atoms with van der Waals surface area (Å²) in [4.78, 5) is 43.3. The number of carbonyl (C=O) groups excluding carboxylic acids is 2. The van der Waals surface area contributed by atoms with Crippen LogP contribution in [-0.2, 0) is 22.7 Å². The third-order valence-corrected chi connectivity index (χ3v) is 4.61. The Hall–Kier alpha value is -3.16. The van der Waals surface area contributed by atoms with Gasteiger partial charge >= 0.3 is 5.97 Å². The second-order valence-electron chi connectivity index (χ2n) is 6.68. The first-order chi connectivity index (χ1) is 12.8. The third-order valence-electron chi connectivity index (χ3n) is 4.61. The van der Waals surface area contributed by atoms with Gasteiger partial charge < -0.3 is 19.3 Å². The lowest BCUT2D eigenvalue weighted by atomic mass is 10.1. The van der Waals surface area contributed by atoms with Gasteiger partial charge in [0.2, 0.25) is 11.8 Å². The van der Waals surface area contributed by atoms with Crippen LogP contribution in [0.5, 0.6) is 0 Å². The highest BCUT2D eigenvalue weighted by atomic mass is 16.4. The van der Waals surface area contributed by atoms with Crippen molar-refractivity contribution in [2.45, 2.75) is 26.4 Å². The number of rotatable bonds is 6. The Morgan fingerprint density at radius 2 is 2.19 bits per heavy atom. The van der Waals surface area contributed by atoms with Gasteiger partial charge in [0.1, 0.15) is 17.1 Å². The maximum atomic E-state index is 12.7. The average Bonchev–Trinajstić information content (AvgIpc) is 3.18. The number of likely N-dealkylation sites (tertiary alicyclic amines) is 1. The first-order valence-electron chi connectivity index (χ1n) is 8.60. The lowest BCUT2D eigenvalue weighted by Crippen LogP contribution is -2.34. The first kappa shape index (κ1) is 18.6. The normalized spacial score (nSPS) is 16.6. The fraction of sp³-hybridized carbons (Fsp3) is 0.368. The number of hydrogen-bond acceptors (Lipinski definition) is 5. The summed E-state index contributed by atoms with van der Waals surface area (Å²) in [7, 11) is 1.62. The van der Waals surface area contributed by atoms with Crippen LogP contribution < -0.4 is 0 Å². The number of aryl methyl sites for hydroxylation is 1. The van der Waals surface area contributed by atoms with Crippen LogP contribution in [0, 0.1) is 12.8 Å². The molecule has 1 fully saturated rings. The summed E-state index contributed by atoms with van der Waals surface area (Å²) in [6.45, 7) is 2.44. The van der Waals surface area contributed by atoms with E-state index in [0.717, 1.165) is 5.69 Å². The molecule has 0 saturated carbocycles. The third kappa shape index (κ3) is 4.16. The van der Waals surface area contributed by atoms with Gasteiger partial charge in [-0.25, -0.2) is 4.79 Å². The van der Waals surface area contributed by atoms with Crippen LogP contribution in [0.25, 0.3) is 0 Å². The predicted octanol–water partition coefficient (Wildman–Crippen LogP) is 1.69. The van der Waals surface area contributed by atoms with Gasteiger partial charge in [0.05, 0.1) is 24.7 Å². The quantitative estimate of drug-likeness (QED) is 0.829. The van der Waals surface area contributed by atoms with Gasteiger partial charge in [0, 0.05) is 26.2 Å². The molecule has 3 rings (SSSR count).